The summed E-state index contributed by atoms with van der Waals surface area (Å²) in [6, 6.07) is 10.2. The van der Waals surface area contributed by atoms with Crippen LogP contribution >= 0.6 is 11.8 Å². The summed E-state index contributed by atoms with van der Waals surface area (Å²) in [5.74, 6) is -0.0804. The molecule has 2 aromatic rings. The van der Waals surface area contributed by atoms with E-state index in [1.807, 2.05) is 12.1 Å². The Morgan fingerprint density at radius 3 is 2.36 bits per heavy atom. The van der Waals surface area contributed by atoms with E-state index in [0.717, 1.165) is 4.90 Å². The fourth-order valence-corrected chi connectivity index (χ4v) is 3.04. The molecule has 22 heavy (non-hydrogen) atoms. The van der Waals surface area contributed by atoms with Crippen molar-refractivity contribution in [1.82, 2.24) is 4.98 Å². The number of hydrogen-bond acceptors (Lipinski definition) is 5. The van der Waals surface area contributed by atoms with Gasteiger partial charge in [-0.15, -0.1) is 11.8 Å². The average Bonchev–Trinajstić information content (AvgIpc) is 2.47. The molecule has 2 rings (SSSR count). The number of thioether (sulfide) groups is 1. The number of nitrogens with zero attached hydrogens (tertiary/aromatic N) is 1. The van der Waals surface area contributed by atoms with Gasteiger partial charge >= 0.3 is 0 Å². The Kier molecular flexibility index (Phi) is 5.53. The summed E-state index contributed by atoms with van der Waals surface area (Å²) >= 11 is 1.41. The van der Waals surface area contributed by atoms with Crippen molar-refractivity contribution in [2.24, 2.45) is 5.14 Å². The van der Waals surface area contributed by atoms with Crippen LogP contribution in [0.5, 0.6) is 0 Å². The highest BCUT2D eigenvalue weighted by Gasteiger charge is 2.06. The molecule has 0 saturated heterocycles. The van der Waals surface area contributed by atoms with Crippen LogP contribution in [-0.4, -0.2) is 25.1 Å². The maximum Gasteiger partial charge on any atom is 0.234 e. The highest BCUT2D eigenvalue weighted by molar-refractivity contribution is 8.00. The first-order chi connectivity index (χ1) is 10.4. The molecule has 8 heteroatoms. The van der Waals surface area contributed by atoms with Crippen LogP contribution in [0.15, 0.2) is 53.7 Å². The number of pyridine rings is 1. The first-order valence-corrected chi connectivity index (χ1v) is 9.04. The molecular formula is C14H15N3O3S2. The molecule has 0 atom stereocenters. The standard InChI is InChI=1S/C14H15N3O3S2/c15-22(19,20)10-11-1-3-12(4-2-11)17-14(18)9-21-13-5-7-16-8-6-13/h1-8H,9-10H2,(H,17,18)(H2,15,19,20). The maximum atomic E-state index is 11.8. The zero-order valence-corrected chi connectivity index (χ0v) is 13.2. The van der Waals surface area contributed by atoms with E-state index in [1.54, 1.807) is 36.7 Å². The lowest BCUT2D eigenvalue weighted by Crippen LogP contribution is -2.15. The molecule has 0 radical (unpaired) electrons. The normalized spacial score (nSPS) is 11.1. The summed E-state index contributed by atoms with van der Waals surface area (Å²) in [6.07, 6.45) is 3.34. The predicted octanol–water partition coefficient (Wildman–Crippen LogP) is 1.60. The molecule has 0 aliphatic heterocycles. The first-order valence-electron chi connectivity index (χ1n) is 6.34. The van der Waals surface area contributed by atoms with E-state index in [-0.39, 0.29) is 17.4 Å². The van der Waals surface area contributed by atoms with Gasteiger partial charge in [-0.3, -0.25) is 9.78 Å². The average molecular weight is 337 g/mol. The third-order valence-electron chi connectivity index (χ3n) is 2.63. The highest BCUT2D eigenvalue weighted by Crippen LogP contribution is 2.17. The van der Waals surface area contributed by atoms with Gasteiger partial charge in [0.2, 0.25) is 15.9 Å². The number of sulfonamides is 1. The number of anilines is 1. The minimum Gasteiger partial charge on any atom is -0.325 e. The van der Waals surface area contributed by atoms with Gasteiger partial charge < -0.3 is 5.32 Å². The molecule has 1 heterocycles. The number of benzene rings is 1. The second kappa shape index (κ2) is 7.39. The third kappa shape index (κ3) is 5.84. The van der Waals surface area contributed by atoms with Crippen LogP contribution in [0, 0.1) is 0 Å². The molecule has 1 amide bonds. The third-order valence-corrected chi connectivity index (χ3v) is 4.37. The second-order valence-electron chi connectivity index (χ2n) is 4.52. The minimum atomic E-state index is -3.55. The van der Waals surface area contributed by atoms with E-state index in [9.17, 15) is 13.2 Å². The number of carbonyl (C=O) groups is 1. The Morgan fingerprint density at radius 1 is 1.14 bits per heavy atom. The monoisotopic (exact) mass is 337 g/mol. The lowest BCUT2D eigenvalue weighted by molar-refractivity contribution is -0.113. The molecule has 3 N–H and O–H groups in total. The van der Waals surface area contributed by atoms with E-state index >= 15 is 0 Å². The first kappa shape index (κ1) is 16.5. The van der Waals surface area contributed by atoms with Gasteiger partial charge in [0.25, 0.3) is 0 Å². The molecule has 0 fully saturated rings. The van der Waals surface area contributed by atoms with Crippen molar-refractivity contribution in [2.45, 2.75) is 10.6 Å². The van der Waals surface area contributed by atoms with E-state index < -0.39 is 10.0 Å². The van der Waals surface area contributed by atoms with Crippen molar-refractivity contribution in [2.75, 3.05) is 11.1 Å². The van der Waals surface area contributed by atoms with E-state index in [0.29, 0.717) is 11.3 Å². The smallest absolute Gasteiger partial charge is 0.234 e. The molecular weight excluding hydrogens is 322 g/mol. The van der Waals surface area contributed by atoms with Crippen molar-refractivity contribution >= 4 is 33.4 Å². The number of rotatable bonds is 6. The zero-order valence-electron chi connectivity index (χ0n) is 11.6. The summed E-state index contributed by atoms with van der Waals surface area (Å²) in [7, 11) is -3.55. The molecule has 6 nitrogen and oxygen atoms in total. The van der Waals surface area contributed by atoms with Gasteiger partial charge in [0.15, 0.2) is 0 Å². The number of primary sulfonamides is 1. The number of hydrogen-bond donors (Lipinski definition) is 2. The van der Waals surface area contributed by atoms with E-state index in [1.165, 1.54) is 11.8 Å². The Hall–Kier alpha value is -1.90. The van der Waals surface area contributed by atoms with Gasteiger partial charge in [-0.2, -0.15) is 0 Å². The summed E-state index contributed by atoms with van der Waals surface area (Å²) < 4.78 is 22.0. The van der Waals surface area contributed by atoms with Crippen LogP contribution in [0.4, 0.5) is 5.69 Å². The van der Waals surface area contributed by atoms with Crippen molar-refractivity contribution in [3.63, 3.8) is 0 Å². The minimum absolute atomic E-state index is 0.138. The Labute approximate surface area is 133 Å². The number of carbonyl (C=O) groups excluding carboxylic acids is 1. The lowest BCUT2D eigenvalue weighted by Gasteiger charge is -2.06. The molecule has 0 unspecified atom stereocenters. The molecule has 0 saturated carbocycles. The van der Waals surface area contributed by atoms with Gasteiger partial charge in [-0.1, -0.05) is 12.1 Å². The van der Waals surface area contributed by atoms with Crippen molar-refractivity contribution in [3.05, 3.63) is 54.4 Å². The quantitative estimate of drug-likeness (QED) is 0.780. The van der Waals surface area contributed by atoms with Crippen LogP contribution in [0.2, 0.25) is 0 Å². The van der Waals surface area contributed by atoms with Crippen LogP contribution in [0.25, 0.3) is 0 Å². The second-order valence-corrected chi connectivity index (χ2v) is 7.19. The summed E-state index contributed by atoms with van der Waals surface area (Å²) in [5.41, 5.74) is 1.19. The Morgan fingerprint density at radius 2 is 1.77 bits per heavy atom. The summed E-state index contributed by atoms with van der Waals surface area (Å²) in [6.45, 7) is 0. The lowest BCUT2D eigenvalue weighted by atomic mass is 10.2. The van der Waals surface area contributed by atoms with Gasteiger partial charge in [-0.05, 0) is 29.8 Å². The maximum absolute atomic E-state index is 11.8. The van der Waals surface area contributed by atoms with Crippen LogP contribution in [-0.2, 0) is 20.6 Å². The molecule has 1 aromatic heterocycles. The van der Waals surface area contributed by atoms with Crippen molar-refractivity contribution in [1.29, 1.82) is 0 Å². The van der Waals surface area contributed by atoms with Crippen molar-refractivity contribution in [3.8, 4) is 0 Å². The highest BCUT2D eigenvalue weighted by atomic mass is 32.2. The fraction of sp³-hybridized carbons (Fsp3) is 0.143. The molecule has 0 bridgehead atoms. The molecule has 1 aromatic carbocycles. The molecule has 0 aliphatic carbocycles. The predicted molar refractivity (Wildman–Crippen MR) is 86.8 cm³/mol. The number of nitrogens with two attached hydrogens (primary N) is 1. The fourth-order valence-electron chi connectivity index (χ4n) is 1.70. The van der Waals surface area contributed by atoms with Crippen LogP contribution in [0.1, 0.15) is 5.56 Å². The molecule has 116 valence electrons. The van der Waals surface area contributed by atoms with Gasteiger partial charge in [-0.25, -0.2) is 13.6 Å². The van der Waals surface area contributed by atoms with E-state index in [4.69, 9.17) is 5.14 Å². The summed E-state index contributed by atoms with van der Waals surface area (Å²) in [5, 5.41) is 7.72. The largest absolute Gasteiger partial charge is 0.325 e. The Balaban J connectivity index is 1.86. The van der Waals surface area contributed by atoms with Crippen molar-refractivity contribution < 1.29 is 13.2 Å². The SMILES string of the molecule is NS(=O)(=O)Cc1ccc(NC(=O)CSc2ccncc2)cc1. The summed E-state index contributed by atoms with van der Waals surface area (Å²) in [4.78, 5) is 16.7. The molecule has 0 aliphatic rings. The zero-order chi connectivity index (χ0) is 16.0. The Bertz CT molecular complexity index is 732. The molecule has 0 spiro atoms. The van der Waals surface area contributed by atoms with Crippen LogP contribution in [0.3, 0.4) is 0 Å². The number of aromatic nitrogens is 1. The number of amides is 1. The van der Waals surface area contributed by atoms with Gasteiger partial charge in [0.05, 0.1) is 11.5 Å². The van der Waals surface area contributed by atoms with Crippen LogP contribution < -0.4 is 10.5 Å². The van der Waals surface area contributed by atoms with Gasteiger partial charge in [0.1, 0.15) is 0 Å². The number of nitrogens with one attached hydrogen (secondary N) is 1. The van der Waals surface area contributed by atoms with Gasteiger partial charge in [0, 0.05) is 23.0 Å². The van der Waals surface area contributed by atoms with E-state index in [2.05, 4.69) is 10.3 Å². The topological polar surface area (TPSA) is 102 Å².